The summed E-state index contributed by atoms with van der Waals surface area (Å²) in [4.78, 5) is 14.3. The number of nitriles is 1. The first-order valence-electron chi connectivity index (χ1n) is 27.3. The third-order valence-electron chi connectivity index (χ3n) is 16.9. The van der Waals surface area contributed by atoms with Crippen LogP contribution in [0.2, 0.25) is 0 Å². The summed E-state index contributed by atoms with van der Waals surface area (Å²) in [6, 6.07) is 75.5. The van der Waals surface area contributed by atoms with E-state index in [0.29, 0.717) is 0 Å². The second-order valence-electron chi connectivity index (χ2n) is 21.9. The van der Waals surface area contributed by atoms with Gasteiger partial charge in [-0.25, -0.2) is 4.39 Å². The Morgan fingerprint density at radius 1 is 0.462 bits per heavy atom. The van der Waals surface area contributed by atoms with Crippen molar-refractivity contribution in [1.29, 1.82) is 5.26 Å². The minimum Gasteiger partial charge on any atom is -0.305 e. The summed E-state index contributed by atoms with van der Waals surface area (Å²) in [6.07, 6.45) is 17.5. The van der Waals surface area contributed by atoms with E-state index in [0.717, 1.165) is 122 Å². The van der Waals surface area contributed by atoms with Crippen LogP contribution in [0.15, 0.2) is 201 Å². The normalized spacial score (nSPS) is 18.0. The van der Waals surface area contributed by atoms with E-state index in [1.165, 1.54) is 72.4 Å². The molecule has 4 saturated carbocycles. The Labute approximate surface area is 471 Å². The quantitative estimate of drug-likeness (QED) is 0.102. The van der Waals surface area contributed by atoms with Crippen LogP contribution in [0.25, 0.3) is 78.3 Å². The van der Waals surface area contributed by atoms with Gasteiger partial charge in [-0.15, -0.1) is 94.5 Å². The van der Waals surface area contributed by atoms with Crippen molar-refractivity contribution in [2.75, 3.05) is 0 Å². The molecule has 14 rings (SSSR count). The van der Waals surface area contributed by atoms with Crippen molar-refractivity contribution < 1.29 is 24.5 Å². The van der Waals surface area contributed by atoms with Gasteiger partial charge in [0.1, 0.15) is 11.9 Å². The van der Waals surface area contributed by atoms with Crippen LogP contribution < -0.4 is 0 Å². The molecule has 6 heteroatoms. The maximum Gasteiger partial charge on any atom is 3.00 e. The van der Waals surface area contributed by atoms with Gasteiger partial charge in [0.25, 0.3) is 0 Å². The van der Waals surface area contributed by atoms with Crippen LogP contribution in [0.5, 0.6) is 0 Å². The molecule has 0 atom stereocenters. The molecule has 10 aromatic rings. The molecule has 3 heterocycles. The third kappa shape index (κ3) is 10.6. The monoisotopic (exact) mass is 1190 g/mol. The topological polar surface area (TPSA) is 62.5 Å². The van der Waals surface area contributed by atoms with Gasteiger partial charge in [0.15, 0.2) is 0 Å². The molecule has 3 aromatic heterocycles. The third-order valence-corrected chi connectivity index (χ3v) is 16.9. The Morgan fingerprint density at radius 2 is 1.01 bits per heavy atom. The maximum atomic E-state index is 14.9. The Bertz CT molecular complexity index is 3630. The van der Waals surface area contributed by atoms with Crippen molar-refractivity contribution in [1.82, 2.24) is 15.0 Å². The summed E-state index contributed by atoms with van der Waals surface area (Å²) in [5, 5.41) is 9.41. The van der Waals surface area contributed by atoms with Gasteiger partial charge >= 0.3 is 20.1 Å². The molecule has 0 saturated heterocycles. The molecule has 78 heavy (non-hydrogen) atoms. The summed E-state index contributed by atoms with van der Waals surface area (Å²) in [7, 11) is 0. The van der Waals surface area contributed by atoms with E-state index in [4.69, 9.17) is 4.98 Å². The Hall–Kier alpha value is -7.94. The second kappa shape index (κ2) is 22.2. The molecule has 4 aliphatic rings. The fraction of sp³-hybridized carbons (Fsp3) is 0.194. The summed E-state index contributed by atoms with van der Waals surface area (Å²) in [5.41, 5.74) is 20.6. The molecule has 7 aromatic carbocycles. The molecule has 0 amide bonds. The predicted molar refractivity (Wildman–Crippen MR) is 307 cm³/mol. The average Bonchev–Trinajstić information content (AvgIpc) is 3.67. The van der Waals surface area contributed by atoms with Gasteiger partial charge in [-0.2, -0.15) is 5.26 Å². The first kappa shape index (κ1) is 50.9. The van der Waals surface area contributed by atoms with Crippen molar-refractivity contribution in [2.45, 2.75) is 69.6 Å². The Kier molecular flexibility index (Phi) is 14.5. The summed E-state index contributed by atoms with van der Waals surface area (Å²) < 4.78 is 14.9. The first-order chi connectivity index (χ1) is 37.9. The van der Waals surface area contributed by atoms with Gasteiger partial charge in [0.2, 0.25) is 0 Å². The standard InChI is InChI=1S/C72H56FN4.Ir/c73-68-42-59(27-28-61(68)46-74)55-23-25-56(26-24-55)67-41-60(71-32-30-63(47-77-71)72-43-52-36-53(44-72)38-54(37-52)45-72)29-31-66(67)65-8-2-1-7-64(65)62-39-50(13-11-48-15-19-57(20-16-48)69-9-3-5-33-75-69)35-51(40-62)14-12-49-17-21-58(22-18-49)70-10-4-6-34-76-70;/h1-10,15-19,21,23-28,30-35,39-42,47,52-54H,11-14,36-38,43-45H2;/q-3;+3. The van der Waals surface area contributed by atoms with Crippen LogP contribution in [0, 0.1) is 53.1 Å². The number of pyridine rings is 3. The van der Waals surface area contributed by atoms with E-state index >= 15 is 0 Å². The molecular formula is C72H56FIrN4. The Morgan fingerprint density at radius 3 is 1.55 bits per heavy atom. The van der Waals surface area contributed by atoms with E-state index in [9.17, 15) is 9.65 Å². The zero-order valence-electron chi connectivity index (χ0n) is 43.4. The molecule has 0 radical (unpaired) electrons. The SMILES string of the molecule is N#Cc1ccc(-c2ccc(-c3cc(-c4ccc(C56CC7CC(CC(C7)C5)C6)cn4)[c-]cc3-c3ccccc3-c3cc(CCc4c[c-]c(-c5ccccn5)cc4)cc(CCc4c[c-]c(-c5ccccn5)cc4)c3)cc2)cc1F.[Ir+3]. The van der Waals surface area contributed by atoms with Crippen molar-refractivity contribution >= 4 is 0 Å². The zero-order chi connectivity index (χ0) is 51.7. The van der Waals surface area contributed by atoms with E-state index in [2.05, 4.69) is 150 Å². The van der Waals surface area contributed by atoms with E-state index in [1.54, 1.807) is 6.07 Å². The number of hydrogen-bond acceptors (Lipinski definition) is 4. The van der Waals surface area contributed by atoms with Crippen LogP contribution in [-0.2, 0) is 51.2 Å². The number of aryl methyl sites for hydroxylation is 4. The van der Waals surface area contributed by atoms with Crippen LogP contribution in [0.1, 0.15) is 71.9 Å². The van der Waals surface area contributed by atoms with Crippen LogP contribution in [0.3, 0.4) is 0 Å². The van der Waals surface area contributed by atoms with E-state index in [1.807, 2.05) is 73.1 Å². The van der Waals surface area contributed by atoms with E-state index < -0.39 is 5.82 Å². The van der Waals surface area contributed by atoms with Gasteiger partial charge < -0.3 is 15.0 Å². The smallest absolute Gasteiger partial charge is 0.305 e. The number of aromatic nitrogens is 3. The van der Waals surface area contributed by atoms with Crippen molar-refractivity contribution in [3.05, 3.63) is 258 Å². The maximum absolute atomic E-state index is 14.9. The van der Waals surface area contributed by atoms with Gasteiger partial charge in [0.05, 0.1) is 5.56 Å². The number of benzene rings is 7. The zero-order valence-corrected chi connectivity index (χ0v) is 45.8. The summed E-state index contributed by atoms with van der Waals surface area (Å²) in [5.74, 6) is 2.07. The molecule has 0 unspecified atom stereocenters. The average molecular weight is 1190 g/mol. The molecule has 0 spiro atoms. The minimum atomic E-state index is -0.521. The molecule has 4 fully saturated rings. The molecule has 4 bridgehead atoms. The summed E-state index contributed by atoms with van der Waals surface area (Å²) in [6.45, 7) is 0. The van der Waals surface area contributed by atoms with Crippen molar-refractivity contribution in [2.24, 2.45) is 17.8 Å². The molecule has 0 aliphatic heterocycles. The molecule has 4 aliphatic carbocycles. The molecule has 0 N–H and O–H groups in total. The van der Waals surface area contributed by atoms with Gasteiger partial charge in [0, 0.05) is 18.6 Å². The molecule has 4 nitrogen and oxygen atoms in total. The van der Waals surface area contributed by atoms with Gasteiger partial charge in [-0.05, 0) is 160 Å². The van der Waals surface area contributed by atoms with Gasteiger partial charge in [-0.3, -0.25) is 0 Å². The molecular weight excluding hydrogens is 1130 g/mol. The fourth-order valence-electron chi connectivity index (χ4n) is 13.4. The van der Waals surface area contributed by atoms with E-state index in [-0.39, 0.29) is 31.1 Å². The largest absolute Gasteiger partial charge is 3.00 e. The molecule has 380 valence electrons. The second-order valence-corrected chi connectivity index (χ2v) is 21.9. The van der Waals surface area contributed by atoms with Crippen LogP contribution >= 0.6 is 0 Å². The Balaban J connectivity index is 0.00000609. The van der Waals surface area contributed by atoms with Crippen LogP contribution in [-0.4, -0.2) is 15.0 Å². The number of rotatable bonds is 14. The fourth-order valence-corrected chi connectivity index (χ4v) is 13.4. The number of halogens is 1. The number of nitrogens with zero attached hydrogens (tertiary/aromatic N) is 4. The summed E-state index contributed by atoms with van der Waals surface area (Å²) >= 11 is 0. The van der Waals surface area contributed by atoms with Crippen molar-refractivity contribution in [3.8, 4) is 84.3 Å². The minimum absolute atomic E-state index is 0. The first-order valence-corrected chi connectivity index (χ1v) is 27.3. The van der Waals surface area contributed by atoms with Gasteiger partial charge in [-0.1, -0.05) is 139 Å². The van der Waals surface area contributed by atoms with Crippen LogP contribution in [0.4, 0.5) is 4.39 Å². The predicted octanol–water partition coefficient (Wildman–Crippen LogP) is 17.0. The number of hydrogen-bond donors (Lipinski definition) is 0. The van der Waals surface area contributed by atoms with Crippen molar-refractivity contribution in [3.63, 3.8) is 0 Å².